The zero-order chi connectivity index (χ0) is 29.0. The summed E-state index contributed by atoms with van der Waals surface area (Å²) in [5.74, 6) is -1.58. The average Bonchev–Trinajstić information content (AvgIpc) is 2.82. The van der Waals surface area contributed by atoms with Crippen molar-refractivity contribution >= 4 is 28.6 Å². The van der Waals surface area contributed by atoms with Crippen LogP contribution in [0.5, 0.6) is 0 Å². The minimum atomic E-state index is -1.02. The molecule has 7 nitrogen and oxygen atoms in total. The van der Waals surface area contributed by atoms with Gasteiger partial charge in [-0.2, -0.15) is 0 Å². The molecular weight excluding hydrogens is 478 g/mol. The maximum Gasteiger partial charge on any atom is 0.331 e. The Morgan fingerprint density at radius 3 is 2.05 bits per heavy atom. The maximum absolute atomic E-state index is 13.7. The fraction of sp³-hybridized carbons (Fsp3) is 0.516. The predicted molar refractivity (Wildman–Crippen MR) is 154 cm³/mol. The number of hydrogen-bond donors (Lipinski definition) is 3. The number of benzene rings is 2. The molecule has 3 N–H and O–H groups in total. The van der Waals surface area contributed by atoms with Crippen LogP contribution in [0.2, 0.25) is 0 Å². The lowest BCUT2D eigenvalue weighted by Crippen LogP contribution is -2.59. The molecule has 3 atom stereocenters. The lowest BCUT2D eigenvalue weighted by Gasteiger charge is -2.38. The molecule has 0 aliphatic rings. The van der Waals surface area contributed by atoms with E-state index in [0.29, 0.717) is 0 Å². The highest BCUT2D eigenvalue weighted by molar-refractivity contribution is 5.91. The third-order valence-corrected chi connectivity index (χ3v) is 7.08. The molecule has 2 aromatic carbocycles. The smallest absolute Gasteiger partial charge is 0.331 e. The van der Waals surface area contributed by atoms with Crippen LogP contribution in [0.15, 0.2) is 54.1 Å². The molecule has 38 heavy (non-hydrogen) atoms. The molecule has 2 aromatic rings. The van der Waals surface area contributed by atoms with Crippen molar-refractivity contribution in [3.63, 3.8) is 0 Å². The fourth-order valence-corrected chi connectivity index (χ4v) is 4.61. The molecule has 0 aromatic heterocycles. The van der Waals surface area contributed by atoms with Crippen LogP contribution in [0.3, 0.4) is 0 Å². The van der Waals surface area contributed by atoms with Crippen LogP contribution in [-0.2, 0) is 19.9 Å². The Bertz CT molecular complexity index is 1190. The van der Waals surface area contributed by atoms with Crippen LogP contribution in [0.25, 0.3) is 10.8 Å². The number of aliphatic carboxylic acids is 1. The molecule has 0 aliphatic heterocycles. The van der Waals surface area contributed by atoms with Crippen LogP contribution in [0.4, 0.5) is 0 Å². The second kappa shape index (κ2) is 12.1. The van der Waals surface area contributed by atoms with E-state index in [-0.39, 0.29) is 23.3 Å². The fourth-order valence-electron chi connectivity index (χ4n) is 4.61. The monoisotopic (exact) mass is 523 g/mol. The summed E-state index contributed by atoms with van der Waals surface area (Å²) in [6.07, 6.45) is 1.60. The number of carboxylic acids is 1. The third kappa shape index (κ3) is 7.67. The lowest BCUT2D eigenvalue weighted by atomic mass is 9.84. The Morgan fingerprint density at radius 1 is 0.947 bits per heavy atom. The van der Waals surface area contributed by atoms with Crippen LogP contribution < -0.4 is 10.6 Å². The molecule has 0 saturated heterocycles. The summed E-state index contributed by atoms with van der Waals surface area (Å²) in [6.45, 7) is 17.0. The van der Waals surface area contributed by atoms with Gasteiger partial charge in [-0.3, -0.25) is 14.9 Å². The highest BCUT2D eigenvalue weighted by atomic mass is 16.4. The first-order valence-electron chi connectivity index (χ1n) is 13.2. The first-order valence-corrected chi connectivity index (χ1v) is 13.2. The van der Waals surface area contributed by atoms with Crippen molar-refractivity contribution in [2.45, 2.75) is 86.0 Å². The number of carboxylic acid groups (broad SMARTS) is 1. The molecule has 208 valence electrons. The maximum atomic E-state index is 13.7. The molecular formula is C31H45N3O4. The van der Waals surface area contributed by atoms with Crippen molar-refractivity contribution in [1.82, 2.24) is 15.5 Å². The number of nitrogens with one attached hydrogen (secondary N) is 2. The predicted octanol–water partition coefficient (Wildman–Crippen LogP) is 5.10. The minimum Gasteiger partial charge on any atom is -0.478 e. The topological polar surface area (TPSA) is 98.7 Å². The van der Waals surface area contributed by atoms with Gasteiger partial charge in [0.15, 0.2) is 0 Å². The van der Waals surface area contributed by atoms with Gasteiger partial charge < -0.3 is 15.3 Å². The first kappa shape index (κ1) is 31.0. The quantitative estimate of drug-likeness (QED) is 0.377. The number of carbonyl (C=O) groups is 3. The van der Waals surface area contributed by atoms with E-state index in [1.165, 1.54) is 6.92 Å². The molecule has 0 fully saturated rings. The van der Waals surface area contributed by atoms with E-state index in [2.05, 4.69) is 41.0 Å². The number of fused-ring (bicyclic) bond motifs is 1. The van der Waals surface area contributed by atoms with Crippen molar-refractivity contribution in [3.05, 3.63) is 59.7 Å². The van der Waals surface area contributed by atoms with Crippen molar-refractivity contribution in [3.8, 4) is 0 Å². The summed E-state index contributed by atoms with van der Waals surface area (Å²) in [7, 11) is 1.66. The number of carbonyl (C=O) groups excluding carboxylic acids is 2. The number of likely N-dealkylation sites (N-methyl/N-ethyl adjacent to an activating group) is 1. The van der Waals surface area contributed by atoms with Crippen LogP contribution in [-0.4, -0.2) is 53.0 Å². The molecule has 0 heterocycles. The first-order chi connectivity index (χ1) is 17.5. The summed E-state index contributed by atoms with van der Waals surface area (Å²) < 4.78 is 0. The lowest BCUT2D eigenvalue weighted by molar-refractivity contribution is -0.140. The van der Waals surface area contributed by atoms with Gasteiger partial charge in [-0.15, -0.1) is 0 Å². The van der Waals surface area contributed by atoms with Gasteiger partial charge in [0.2, 0.25) is 11.8 Å². The average molecular weight is 524 g/mol. The number of hydrogen-bond acceptors (Lipinski definition) is 4. The van der Waals surface area contributed by atoms with Gasteiger partial charge in [0, 0.05) is 18.2 Å². The Labute approximate surface area is 227 Å². The van der Waals surface area contributed by atoms with Gasteiger partial charge in [0.05, 0.1) is 12.1 Å². The van der Waals surface area contributed by atoms with E-state index in [9.17, 15) is 19.5 Å². The third-order valence-electron chi connectivity index (χ3n) is 7.08. The summed E-state index contributed by atoms with van der Waals surface area (Å²) in [5.41, 5.74) is 0.162. The zero-order valence-electron chi connectivity index (χ0n) is 24.5. The second-order valence-electron chi connectivity index (χ2n) is 12.2. The number of nitrogens with zero attached hydrogens (tertiary/aromatic N) is 1. The van der Waals surface area contributed by atoms with Crippen molar-refractivity contribution in [2.24, 2.45) is 11.3 Å². The van der Waals surface area contributed by atoms with Gasteiger partial charge in [0.25, 0.3) is 0 Å². The van der Waals surface area contributed by atoms with Gasteiger partial charge >= 0.3 is 5.97 Å². The summed E-state index contributed by atoms with van der Waals surface area (Å²) in [5, 5.41) is 18.0. The van der Waals surface area contributed by atoms with Gasteiger partial charge in [0.1, 0.15) is 6.04 Å². The SMILES string of the molecule is C/C(=C\[C@H](C(C)C)N(C)C(=O)[C@@H](NC(=O)C(C)NC(C)(C)c1ccc2ccccc2c1)C(C)(C)C)C(=O)O. The van der Waals surface area contributed by atoms with E-state index in [0.717, 1.165) is 16.3 Å². The normalized spacial score (nSPS) is 15.2. The molecule has 2 amide bonds. The second-order valence-corrected chi connectivity index (χ2v) is 12.2. The number of amides is 2. The Balaban J connectivity index is 2.24. The van der Waals surface area contributed by atoms with E-state index in [4.69, 9.17) is 0 Å². The molecule has 0 saturated carbocycles. The summed E-state index contributed by atoms with van der Waals surface area (Å²) in [4.78, 5) is 40.0. The molecule has 2 rings (SSSR count). The van der Waals surface area contributed by atoms with E-state index in [1.54, 1.807) is 24.9 Å². The number of rotatable bonds is 10. The standard InChI is InChI=1S/C31H45N3O4/c1-19(2)25(17-20(3)29(37)38)34(10)28(36)26(30(5,6)7)32-27(35)21(4)33-31(8,9)24-16-15-22-13-11-12-14-23(22)18-24/h11-19,21,25-26,33H,1-10H3,(H,32,35)(H,37,38)/b20-17+/t21?,25-,26-/m1/s1. The minimum absolute atomic E-state index is 0.0158. The van der Waals surface area contributed by atoms with E-state index in [1.807, 2.05) is 60.6 Å². The molecule has 0 radical (unpaired) electrons. The molecule has 0 aliphatic carbocycles. The molecule has 1 unspecified atom stereocenters. The van der Waals surface area contributed by atoms with Gasteiger partial charge in [-0.25, -0.2) is 4.79 Å². The van der Waals surface area contributed by atoms with Crippen molar-refractivity contribution in [2.75, 3.05) is 7.05 Å². The summed E-state index contributed by atoms with van der Waals surface area (Å²) in [6, 6.07) is 12.6. The summed E-state index contributed by atoms with van der Waals surface area (Å²) >= 11 is 0. The van der Waals surface area contributed by atoms with Crippen LogP contribution in [0, 0.1) is 11.3 Å². The highest BCUT2D eigenvalue weighted by Crippen LogP contribution is 2.26. The molecule has 7 heteroatoms. The van der Waals surface area contributed by atoms with Crippen LogP contribution in [0.1, 0.15) is 67.9 Å². The van der Waals surface area contributed by atoms with Crippen LogP contribution >= 0.6 is 0 Å². The molecule has 0 bridgehead atoms. The van der Waals surface area contributed by atoms with E-state index < -0.39 is 35.0 Å². The Hall–Kier alpha value is -3.19. The zero-order valence-corrected chi connectivity index (χ0v) is 24.5. The van der Waals surface area contributed by atoms with E-state index >= 15 is 0 Å². The van der Waals surface area contributed by atoms with Crippen molar-refractivity contribution in [1.29, 1.82) is 0 Å². The highest BCUT2D eigenvalue weighted by Gasteiger charge is 2.38. The van der Waals surface area contributed by atoms with Crippen molar-refractivity contribution < 1.29 is 19.5 Å². The Kier molecular flexibility index (Phi) is 9.89. The van der Waals surface area contributed by atoms with Gasteiger partial charge in [-0.1, -0.05) is 77.1 Å². The Morgan fingerprint density at radius 2 is 1.53 bits per heavy atom. The molecule has 0 spiro atoms. The van der Waals surface area contributed by atoms with Gasteiger partial charge in [-0.05, 0) is 61.4 Å². The largest absolute Gasteiger partial charge is 0.478 e.